The standard InChI is InChI=1S/C10H12N2/c1-4-11-9(3)10-8(2)6-5-7-12-10/h4-7H,3H2,1-2H3/b11-4-. The van der Waals surface area contributed by atoms with E-state index in [-0.39, 0.29) is 0 Å². The van der Waals surface area contributed by atoms with E-state index in [1.165, 1.54) is 0 Å². The van der Waals surface area contributed by atoms with Crippen LogP contribution in [0.1, 0.15) is 18.2 Å². The first-order chi connectivity index (χ1) is 5.75. The maximum atomic E-state index is 4.18. The molecule has 0 amide bonds. The highest BCUT2D eigenvalue weighted by molar-refractivity contribution is 5.70. The minimum Gasteiger partial charge on any atom is -0.260 e. The Hall–Kier alpha value is -1.44. The molecule has 0 aliphatic carbocycles. The highest BCUT2D eigenvalue weighted by Crippen LogP contribution is 2.13. The van der Waals surface area contributed by atoms with Gasteiger partial charge in [0, 0.05) is 12.4 Å². The van der Waals surface area contributed by atoms with Gasteiger partial charge in [-0.2, -0.15) is 0 Å². The van der Waals surface area contributed by atoms with E-state index < -0.39 is 0 Å². The minimum atomic E-state index is 0.718. The molecule has 0 aliphatic rings. The average Bonchev–Trinajstić information content (AvgIpc) is 2.05. The molecule has 2 nitrogen and oxygen atoms in total. The van der Waals surface area contributed by atoms with Gasteiger partial charge in [-0.25, -0.2) is 0 Å². The average molecular weight is 160 g/mol. The van der Waals surface area contributed by atoms with Crippen molar-refractivity contribution in [3.63, 3.8) is 0 Å². The summed E-state index contributed by atoms with van der Waals surface area (Å²) in [6.45, 7) is 7.68. The number of pyridine rings is 1. The van der Waals surface area contributed by atoms with Gasteiger partial charge in [0.05, 0.1) is 11.4 Å². The highest BCUT2D eigenvalue weighted by atomic mass is 14.8. The molecule has 1 heterocycles. The smallest absolute Gasteiger partial charge is 0.0908 e. The van der Waals surface area contributed by atoms with Gasteiger partial charge < -0.3 is 0 Å². The van der Waals surface area contributed by atoms with Crippen molar-refractivity contribution in [3.05, 3.63) is 36.2 Å². The van der Waals surface area contributed by atoms with Gasteiger partial charge in [-0.05, 0) is 25.5 Å². The summed E-state index contributed by atoms with van der Waals surface area (Å²) < 4.78 is 0. The molecular formula is C10H12N2. The van der Waals surface area contributed by atoms with E-state index in [1.54, 1.807) is 12.4 Å². The summed E-state index contributed by atoms with van der Waals surface area (Å²) in [5.41, 5.74) is 2.69. The van der Waals surface area contributed by atoms with E-state index in [4.69, 9.17) is 0 Å². The van der Waals surface area contributed by atoms with Gasteiger partial charge in [0.1, 0.15) is 0 Å². The fourth-order valence-electron chi connectivity index (χ4n) is 1.00. The molecule has 0 unspecified atom stereocenters. The third kappa shape index (κ3) is 1.78. The number of rotatable bonds is 2. The van der Waals surface area contributed by atoms with E-state index in [2.05, 4.69) is 16.6 Å². The molecule has 0 fully saturated rings. The Morgan fingerprint density at radius 1 is 1.67 bits per heavy atom. The molecule has 1 aromatic heterocycles. The van der Waals surface area contributed by atoms with Crippen LogP contribution in [0.4, 0.5) is 0 Å². The molecule has 0 N–H and O–H groups in total. The molecule has 0 spiro atoms. The summed E-state index contributed by atoms with van der Waals surface area (Å²) in [6.07, 6.45) is 3.47. The van der Waals surface area contributed by atoms with Crippen molar-refractivity contribution in [2.45, 2.75) is 13.8 Å². The number of nitrogens with zero attached hydrogens (tertiary/aromatic N) is 2. The molecule has 0 bridgehead atoms. The van der Waals surface area contributed by atoms with Crippen LogP contribution in [0.25, 0.3) is 5.70 Å². The van der Waals surface area contributed by atoms with Crippen molar-refractivity contribution in [2.75, 3.05) is 0 Å². The van der Waals surface area contributed by atoms with Crippen molar-refractivity contribution in [3.8, 4) is 0 Å². The second-order valence-electron chi connectivity index (χ2n) is 2.50. The second-order valence-corrected chi connectivity index (χ2v) is 2.50. The van der Waals surface area contributed by atoms with Gasteiger partial charge in [-0.15, -0.1) is 0 Å². The first-order valence-electron chi connectivity index (χ1n) is 3.85. The van der Waals surface area contributed by atoms with Gasteiger partial charge in [-0.1, -0.05) is 12.6 Å². The Labute approximate surface area is 72.7 Å². The van der Waals surface area contributed by atoms with Crippen molar-refractivity contribution in [2.24, 2.45) is 4.99 Å². The lowest BCUT2D eigenvalue weighted by atomic mass is 10.2. The lowest BCUT2D eigenvalue weighted by Crippen LogP contribution is -1.89. The van der Waals surface area contributed by atoms with Crippen LogP contribution in [0.3, 0.4) is 0 Å². The Bertz CT molecular complexity index is 313. The molecule has 2 heteroatoms. The molecule has 62 valence electrons. The zero-order chi connectivity index (χ0) is 8.97. The number of aryl methyl sites for hydroxylation is 1. The summed E-state index contributed by atoms with van der Waals surface area (Å²) in [7, 11) is 0. The summed E-state index contributed by atoms with van der Waals surface area (Å²) in [5.74, 6) is 0. The van der Waals surface area contributed by atoms with Crippen LogP contribution in [-0.2, 0) is 0 Å². The van der Waals surface area contributed by atoms with Gasteiger partial charge in [0.15, 0.2) is 0 Å². The molecule has 1 rings (SSSR count). The quantitative estimate of drug-likeness (QED) is 0.610. The first kappa shape index (κ1) is 8.65. The van der Waals surface area contributed by atoms with Gasteiger partial charge in [0.2, 0.25) is 0 Å². The SMILES string of the molecule is C=C(/N=C\C)c1ncccc1C. The van der Waals surface area contributed by atoms with Crippen LogP contribution in [0, 0.1) is 6.92 Å². The monoisotopic (exact) mass is 160 g/mol. The van der Waals surface area contributed by atoms with E-state index in [0.717, 1.165) is 17.0 Å². The maximum Gasteiger partial charge on any atom is 0.0908 e. The fourth-order valence-corrected chi connectivity index (χ4v) is 1.00. The Morgan fingerprint density at radius 3 is 3.00 bits per heavy atom. The lowest BCUT2D eigenvalue weighted by Gasteiger charge is -2.01. The molecular weight excluding hydrogens is 148 g/mol. The van der Waals surface area contributed by atoms with Crippen molar-refractivity contribution in [1.29, 1.82) is 0 Å². The third-order valence-corrected chi connectivity index (χ3v) is 1.57. The maximum absolute atomic E-state index is 4.18. The van der Waals surface area contributed by atoms with Crippen LogP contribution in [0.2, 0.25) is 0 Å². The summed E-state index contributed by atoms with van der Waals surface area (Å²) in [4.78, 5) is 8.26. The van der Waals surface area contributed by atoms with Crippen molar-refractivity contribution < 1.29 is 0 Å². The number of hydrogen-bond acceptors (Lipinski definition) is 2. The lowest BCUT2D eigenvalue weighted by molar-refractivity contribution is 1.21. The van der Waals surface area contributed by atoms with Crippen LogP contribution in [0.15, 0.2) is 29.9 Å². The normalized spacial score (nSPS) is 10.5. The zero-order valence-electron chi connectivity index (χ0n) is 7.41. The molecule has 1 aromatic rings. The topological polar surface area (TPSA) is 25.2 Å². The number of hydrogen-bond donors (Lipinski definition) is 0. The molecule has 0 atom stereocenters. The van der Waals surface area contributed by atoms with Gasteiger partial charge >= 0.3 is 0 Å². The van der Waals surface area contributed by atoms with Gasteiger partial charge in [-0.3, -0.25) is 9.98 Å². The Kier molecular flexibility index (Phi) is 2.75. The van der Waals surface area contributed by atoms with E-state index in [0.29, 0.717) is 0 Å². The van der Waals surface area contributed by atoms with Crippen LogP contribution in [0.5, 0.6) is 0 Å². The highest BCUT2D eigenvalue weighted by Gasteiger charge is 1.99. The molecule has 0 saturated carbocycles. The second kappa shape index (κ2) is 3.81. The molecule has 0 aliphatic heterocycles. The number of aromatic nitrogens is 1. The summed E-state index contributed by atoms with van der Waals surface area (Å²) in [6, 6.07) is 3.90. The van der Waals surface area contributed by atoms with Crippen molar-refractivity contribution >= 4 is 11.9 Å². The molecule has 0 radical (unpaired) electrons. The largest absolute Gasteiger partial charge is 0.260 e. The van der Waals surface area contributed by atoms with Crippen molar-refractivity contribution in [1.82, 2.24) is 4.98 Å². The summed E-state index contributed by atoms with van der Waals surface area (Å²) in [5, 5.41) is 0. The van der Waals surface area contributed by atoms with E-state index in [9.17, 15) is 0 Å². The molecule has 0 aromatic carbocycles. The Balaban J connectivity index is 3.03. The van der Waals surface area contributed by atoms with E-state index >= 15 is 0 Å². The van der Waals surface area contributed by atoms with Crippen LogP contribution >= 0.6 is 0 Å². The molecule has 12 heavy (non-hydrogen) atoms. The molecule has 0 saturated heterocycles. The first-order valence-corrected chi connectivity index (χ1v) is 3.85. The van der Waals surface area contributed by atoms with Gasteiger partial charge in [0.25, 0.3) is 0 Å². The minimum absolute atomic E-state index is 0.718. The Morgan fingerprint density at radius 2 is 2.42 bits per heavy atom. The zero-order valence-corrected chi connectivity index (χ0v) is 7.41. The third-order valence-electron chi connectivity index (χ3n) is 1.57. The fraction of sp³-hybridized carbons (Fsp3) is 0.200. The van der Waals surface area contributed by atoms with Crippen LogP contribution < -0.4 is 0 Å². The van der Waals surface area contributed by atoms with E-state index in [1.807, 2.05) is 26.0 Å². The predicted molar refractivity (Wildman–Crippen MR) is 52.2 cm³/mol. The van der Waals surface area contributed by atoms with Crippen LogP contribution in [-0.4, -0.2) is 11.2 Å². The summed E-state index contributed by atoms with van der Waals surface area (Å²) >= 11 is 0. The predicted octanol–water partition coefficient (Wildman–Crippen LogP) is 2.45. The number of aliphatic imine (C=N–C) groups is 1.